The minimum absolute atomic E-state index is 0.272. The van der Waals surface area contributed by atoms with E-state index in [1.54, 1.807) is 18.5 Å². The van der Waals surface area contributed by atoms with Crippen molar-refractivity contribution in [3.8, 4) is 0 Å². The van der Waals surface area contributed by atoms with Gasteiger partial charge < -0.3 is 9.80 Å². The number of hydrogen-bond acceptors (Lipinski definition) is 1. The first-order valence-electron chi connectivity index (χ1n) is 22.9. The molecule has 1 aromatic carbocycles. The summed E-state index contributed by atoms with van der Waals surface area (Å²) in [6.07, 6.45) is 40.3. The highest BCUT2D eigenvalue weighted by molar-refractivity contribution is 7.57. The Morgan fingerprint density at radius 3 is 0.942 bits per heavy atom. The summed E-state index contributed by atoms with van der Waals surface area (Å²) in [5, 5.41) is 0.794. The molecule has 0 atom stereocenters. The van der Waals surface area contributed by atoms with E-state index in [0.717, 1.165) is 82.6 Å². The number of unbranched alkanes of at least 4 members (excludes halogenated alkanes) is 19. The van der Waals surface area contributed by atoms with E-state index < -0.39 is 0 Å². The fourth-order valence-electron chi connectivity index (χ4n) is 6.30. The van der Waals surface area contributed by atoms with E-state index in [1.807, 2.05) is 30.3 Å². The predicted octanol–water partition coefficient (Wildman–Crippen LogP) is 16.8. The molecular weight excluding hydrogens is 675 g/mol. The Hall–Kier alpha value is -0.790. The van der Waals surface area contributed by atoms with Gasteiger partial charge in [0.1, 0.15) is 0 Å². The molecule has 0 unspecified atom stereocenters. The van der Waals surface area contributed by atoms with Gasteiger partial charge in [0.15, 0.2) is 0 Å². The summed E-state index contributed by atoms with van der Waals surface area (Å²) in [5.41, 5.74) is 0. The van der Waals surface area contributed by atoms with E-state index in [-0.39, 0.29) is 6.03 Å². The molecule has 1 rings (SSSR count). The van der Waals surface area contributed by atoms with E-state index in [2.05, 4.69) is 58.3 Å². The average molecular weight is 768 g/mol. The minimum atomic E-state index is 0.272. The van der Waals surface area contributed by atoms with Crippen LogP contribution in [0, 0.1) is 0 Å². The highest BCUT2D eigenvalue weighted by Gasteiger charge is 2.19. The summed E-state index contributed by atoms with van der Waals surface area (Å²) in [7, 11) is 0.366. The van der Waals surface area contributed by atoms with Crippen LogP contribution in [-0.2, 0) is 0 Å². The van der Waals surface area contributed by atoms with Crippen LogP contribution in [0.15, 0.2) is 30.3 Å². The maximum Gasteiger partial charge on any atom is 0.319 e. The monoisotopic (exact) mass is 767 g/mol. The van der Waals surface area contributed by atoms with Crippen molar-refractivity contribution in [3.05, 3.63) is 35.4 Å². The second-order valence-electron chi connectivity index (χ2n) is 15.1. The Bertz CT molecular complexity index is 734. The van der Waals surface area contributed by atoms with Crippen LogP contribution in [0.3, 0.4) is 0 Å². The van der Waals surface area contributed by atoms with Gasteiger partial charge in [-0.3, -0.25) is 0 Å². The topological polar surface area (TPSA) is 23.6 Å². The van der Waals surface area contributed by atoms with Gasteiger partial charge in [0.05, 0.1) is 0 Å². The van der Waals surface area contributed by atoms with Gasteiger partial charge in [-0.15, -0.1) is 7.92 Å². The average Bonchev–Trinajstić information content (AvgIpc) is 3.16. The molecule has 52 heavy (non-hydrogen) atoms. The first-order valence-corrected chi connectivity index (χ1v) is 25.2. The van der Waals surface area contributed by atoms with E-state index in [4.69, 9.17) is 11.6 Å². The fraction of sp³-hybridized carbons (Fsp3) is 0.851. The third-order valence-electron chi connectivity index (χ3n) is 9.88. The Morgan fingerprint density at radius 2 is 0.692 bits per heavy atom. The zero-order valence-electron chi connectivity index (χ0n) is 36.3. The molecule has 308 valence electrons. The quantitative estimate of drug-likeness (QED) is 0.0516. The summed E-state index contributed by atoms with van der Waals surface area (Å²) in [4.78, 5) is 16.9. The summed E-state index contributed by atoms with van der Waals surface area (Å²) >= 11 is 5.54. The molecule has 0 saturated carbocycles. The molecule has 5 heteroatoms. The predicted molar refractivity (Wildman–Crippen MR) is 241 cm³/mol. The van der Waals surface area contributed by atoms with Crippen molar-refractivity contribution in [1.82, 2.24) is 9.80 Å². The first-order chi connectivity index (χ1) is 25.4. The van der Waals surface area contributed by atoms with Gasteiger partial charge in [0.2, 0.25) is 0 Å². The van der Waals surface area contributed by atoms with Gasteiger partial charge in [0.25, 0.3) is 0 Å². The molecule has 0 aliphatic carbocycles. The number of carbonyl (C=O) groups is 1. The zero-order chi connectivity index (χ0) is 38.8. The fourth-order valence-corrected chi connectivity index (χ4v) is 9.13. The Kier molecular flexibility index (Phi) is 45.7. The maximum absolute atomic E-state index is 12.7. The molecule has 0 aromatic heterocycles. The summed E-state index contributed by atoms with van der Waals surface area (Å²) in [5.74, 6) is 0. The zero-order valence-corrected chi connectivity index (χ0v) is 38.0. The van der Waals surface area contributed by atoms with Crippen molar-refractivity contribution in [3.63, 3.8) is 0 Å². The standard InChI is InChI=1S/C24H51P.C17H36N2O.C6H5Cl/c1-4-7-10-13-16-19-22-25(23-20-17-14-11-8-5-2)24-21-18-15-12-9-6-3;1-5-9-13-18(14-10-6-2)17(20)19(15-11-7-3)16-12-8-4;7-6-4-2-1-3-5-6/h4-24H2,1-3H3;5-16H2,1-4H3;1-5H. The van der Waals surface area contributed by atoms with Crippen molar-refractivity contribution in [2.45, 2.75) is 215 Å². The molecule has 0 bridgehead atoms. The van der Waals surface area contributed by atoms with Crippen molar-refractivity contribution in [2.24, 2.45) is 0 Å². The molecule has 3 nitrogen and oxygen atoms in total. The first kappa shape index (κ1) is 53.3. The van der Waals surface area contributed by atoms with E-state index in [0.29, 0.717) is 7.92 Å². The molecule has 0 aliphatic rings. The highest BCUT2D eigenvalue weighted by Crippen LogP contribution is 2.39. The smallest absolute Gasteiger partial charge is 0.319 e. The third-order valence-corrected chi connectivity index (χ3v) is 13.0. The number of halogens is 1. The molecule has 0 aliphatic heterocycles. The molecule has 0 radical (unpaired) electrons. The van der Waals surface area contributed by atoms with E-state index in [1.165, 1.54) is 116 Å². The van der Waals surface area contributed by atoms with Gasteiger partial charge >= 0.3 is 6.03 Å². The lowest BCUT2D eigenvalue weighted by Gasteiger charge is -2.31. The van der Waals surface area contributed by atoms with Gasteiger partial charge in [-0.2, -0.15) is 0 Å². The van der Waals surface area contributed by atoms with E-state index in [9.17, 15) is 4.79 Å². The highest BCUT2D eigenvalue weighted by atomic mass is 35.5. The summed E-state index contributed by atoms with van der Waals surface area (Å²) in [6.45, 7) is 19.4. The maximum atomic E-state index is 12.7. The van der Waals surface area contributed by atoms with Crippen LogP contribution in [0.2, 0.25) is 5.02 Å². The number of hydrogen-bond donors (Lipinski definition) is 0. The molecule has 0 fully saturated rings. The Morgan fingerprint density at radius 1 is 0.423 bits per heavy atom. The number of rotatable bonds is 33. The van der Waals surface area contributed by atoms with Crippen LogP contribution in [0.25, 0.3) is 0 Å². The molecular formula is C47H92ClN2OP. The van der Waals surface area contributed by atoms with E-state index >= 15 is 0 Å². The minimum Gasteiger partial charge on any atom is -0.325 e. The molecule has 0 spiro atoms. The van der Waals surface area contributed by atoms with Gasteiger partial charge in [0, 0.05) is 31.2 Å². The van der Waals surface area contributed by atoms with Crippen LogP contribution < -0.4 is 0 Å². The molecule has 0 heterocycles. The van der Waals surface area contributed by atoms with Crippen LogP contribution in [0.1, 0.15) is 215 Å². The summed E-state index contributed by atoms with van der Waals surface area (Å²) in [6, 6.07) is 9.72. The number of benzene rings is 1. The van der Waals surface area contributed by atoms with Crippen molar-refractivity contribution in [2.75, 3.05) is 44.7 Å². The van der Waals surface area contributed by atoms with Gasteiger partial charge in [-0.1, -0.05) is 200 Å². The number of nitrogens with zero attached hydrogens (tertiary/aromatic N) is 2. The third kappa shape index (κ3) is 37.5. The lowest BCUT2D eigenvalue weighted by Crippen LogP contribution is -2.45. The lowest BCUT2D eigenvalue weighted by molar-refractivity contribution is 0.149. The van der Waals surface area contributed by atoms with Gasteiger partial charge in [-0.05, 0) is 75.6 Å². The normalized spacial score (nSPS) is 10.8. The Labute approximate surface area is 334 Å². The second-order valence-corrected chi connectivity index (χ2v) is 18.2. The van der Waals surface area contributed by atoms with Crippen LogP contribution in [0.5, 0.6) is 0 Å². The number of amides is 2. The molecule has 0 saturated heterocycles. The van der Waals surface area contributed by atoms with Crippen LogP contribution in [0.4, 0.5) is 4.79 Å². The Balaban J connectivity index is 0. The SMILES string of the molecule is CCCCCCCCP(CCCCCCCC)CCCCCCCC.CCCCN(CCCC)C(=O)N(CCCC)CCCC.Clc1ccccc1. The summed E-state index contributed by atoms with van der Waals surface area (Å²) < 4.78 is 0. The number of urea groups is 1. The molecule has 0 N–H and O–H groups in total. The van der Waals surface area contributed by atoms with Crippen molar-refractivity contribution < 1.29 is 4.79 Å². The second kappa shape index (κ2) is 44.6. The van der Waals surface area contributed by atoms with Gasteiger partial charge in [-0.25, -0.2) is 4.79 Å². The number of carbonyl (C=O) groups excluding carboxylic acids is 1. The lowest BCUT2D eigenvalue weighted by atomic mass is 10.1. The molecule has 1 aromatic rings. The largest absolute Gasteiger partial charge is 0.325 e. The molecule has 2 amide bonds. The van der Waals surface area contributed by atoms with Crippen molar-refractivity contribution >= 4 is 25.6 Å². The van der Waals surface area contributed by atoms with Crippen LogP contribution in [-0.4, -0.2) is 60.5 Å². The van der Waals surface area contributed by atoms with Crippen molar-refractivity contribution in [1.29, 1.82) is 0 Å². The van der Waals surface area contributed by atoms with Crippen LogP contribution >= 0.6 is 19.5 Å².